The highest BCUT2D eigenvalue weighted by Gasteiger charge is 2.47. The van der Waals surface area contributed by atoms with Gasteiger partial charge in [0.1, 0.15) is 19.1 Å². The molecule has 0 fully saturated rings. The van der Waals surface area contributed by atoms with Crippen LogP contribution in [0.2, 0.25) is 5.02 Å². The maximum Gasteiger partial charge on any atom is 0.534 e. The van der Waals surface area contributed by atoms with Crippen molar-refractivity contribution in [2.75, 3.05) is 0 Å². The van der Waals surface area contributed by atoms with Crippen LogP contribution in [0.4, 0.5) is 13.2 Å². The van der Waals surface area contributed by atoms with Gasteiger partial charge in [-0.3, -0.25) is 0 Å². The van der Waals surface area contributed by atoms with Crippen LogP contribution in [0.1, 0.15) is 5.56 Å². The van der Waals surface area contributed by atoms with Gasteiger partial charge in [-0.2, -0.15) is 21.6 Å². The Hall–Kier alpha value is -1.41. The van der Waals surface area contributed by atoms with Crippen molar-refractivity contribution in [3.63, 3.8) is 0 Å². The molecule has 0 saturated heterocycles. The van der Waals surface area contributed by atoms with Crippen molar-refractivity contribution in [1.82, 2.24) is 0 Å². The molecular weight excluding hydrogens is 309 g/mol. The predicted octanol–water partition coefficient (Wildman–Crippen LogP) is 3.19. The summed E-state index contributed by atoms with van der Waals surface area (Å²) >= 11 is 5.64. The maximum atomic E-state index is 11.8. The van der Waals surface area contributed by atoms with Crippen LogP contribution >= 0.6 is 11.6 Å². The van der Waals surface area contributed by atoms with Crippen molar-refractivity contribution in [3.8, 4) is 0 Å². The second kappa shape index (κ2) is 6.16. The van der Waals surface area contributed by atoms with Gasteiger partial charge in [0, 0.05) is 5.02 Å². The monoisotopic (exact) mass is 316 g/mol. The fraction of sp³-hybridized carbons (Fsp3) is 0.200. The highest BCUT2D eigenvalue weighted by molar-refractivity contribution is 7.87. The van der Waals surface area contributed by atoms with Crippen LogP contribution in [0.5, 0.6) is 0 Å². The lowest BCUT2D eigenvalue weighted by molar-refractivity contribution is -0.0516. The molecule has 19 heavy (non-hydrogen) atoms. The minimum absolute atomic E-state index is 0.0308. The van der Waals surface area contributed by atoms with E-state index in [9.17, 15) is 21.6 Å². The fourth-order valence-electron chi connectivity index (χ4n) is 0.915. The zero-order chi connectivity index (χ0) is 14.5. The van der Waals surface area contributed by atoms with E-state index in [2.05, 4.69) is 4.18 Å². The summed E-state index contributed by atoms with van der Waals surface area (Å²) in [7, 11) is -5.63. The number of benzene rings is 1. The van der Waals surface area contributed by atoms with Gasteiger partial charge < -0.3 is 8.92 Å². The Morgan fingerprint density at radius 2 is 1.74 bits per heavy atom. The van der Waals surface area contributed by atoms with E-state index in [1.54, 1.807) is 24.3 Å². The Balaban J connectivity index is 2.42. The first-order valence-electron chi connectivity index (χ1n) is 4.73. The van der Waals surface area contributed by atoms with Crippen LogP contribution in [0, 0.1) is 0 Å². The first-order valence-corrected chi connectivity index (χ1v) is 6.51. The van der Waals surface area contributed by atoms with E-state index in [1.165, 1.54) is 0 Å². The van der Waals surface area contributed by atoms with E-state index in [0.29, 0.717) is 23.1 Å². The minimum atomic E-state index is -5.63. The molecule has 0 heterocycles. The second-order valence-corrected chi connectivity index (χ2v) is 5.21. The Morgan fingerprint density at radius 3 is 2.26 bits per heavy atom. The molecule has 1 aromatic rings. The van der Waals surface area contributed by atoms with E-state index >= 15 is 0 Å². The van der Waals surface area contributed by atoms with Gasteiger partial charge in [0.25, 0.3) is 0 Å². The number of rotatable bonds is 5. The molecule has 0 N–H and O–H groups in total. The van der Waals surface area contributed by atoms with Crippen LogP contribution in [-0.2, 0) is 25.6 Å². The fourth-order valence-corrected chi connectivity index (χ4v) is 1.34. The van der Waals surface area contributed by atoms with Gasteiger partial charge in [-0.15, -0.1) is 0 Å². The molecule has 0 radical (unpaired) electrons. The third kappa shape index (κ3) is 4.99. The molecule has 0 unspecified atom stereocenters. The first-order chi connectivity index (χ1) is 8.72. The lowest BCUT2D eigenvalue weighted by Gasteiger charge is -2.05. The number of ether oxygens (including phenoxy) is 1. The first kappa shape index (κ1) is 15.6. The van der Waals surface area contributed by atoms with E-state index in [4.69, 9.17) is 16.3 Å². The maximum absolute atomic E-state index is 11.8. The molecule has 4 nitrogen and oxygen atoms in total. The van der Waals surface area contributed by atoms with Crippen molar-refractivity contribution in [2.45, 2.75) is 12.1 Å². The van der Waals surface area contributed by atoms with Crippen LogP contribution in [-0.4, -0.2) is 13.9 Å². The standard InChI is InChI=1S/C10H8ClF3O4S/c11-9-3-1-8(2-4-9)7-17-5-6-18-19(15,16)10(12,13)14/h1-6H,7H2/b6-5-. The number of hydrogen-bond acceptors (Lipinski definition) is 4. The summed E-state index contributed by atoms with van der Waals surface area (Å²) in [6.45, 7) is 0.0308. The van der Waals surface area contributed by atoms with Crippen molar-refractivity contribution in [2.24, 2.45) is 0 Å². The van der Waals surface area contributed by atoms with Crippen LogP contribution in [0.3, 0.4) is 0 Å². The van der Waals surface area contributed by atoms with Crippen LogP contribution in [0.15, 0.2) is 36.8 Å². The highest BCUT2D eigenvalue weighted by Crippen LogP contribution is 2.24. The molecule has 1 aromatic carbocycles. The summed E-state index contributed by atoms with van der Waals surface area (Å²) in [4.78, 5) is 0. The molecule has 0 bridgehead atoms. The molecule has 0 aliphatic carbocycles. The largest absolute Gasteiger partial charge is 0.534 e. The van der Waals surface area contributed by atoms with E-state index in [1.807, 2.05) is 0 Å². The molecule has 0 atom stereocenters. The molecule has 0 amide bonds. The molecule has 0 aromatic heterocycles. The van der Waals surface area contributed by atoms with E-state index in [-0.39, 0.29) is 6.61 Å². The molecule has 1 rings (SSSR count). The summed E-state index contributed by atoms with van der Waals surface area (Å²) in [6, 6.07) is 6.50. The average Bonchev–Trinajstić information content (AvgIpc) is 2.29. The van der Waals surface area contributed by atoms with Crippen molar-refractivity contribution in [1.29, 1.82) is 0 Å². The number of halogens is 4. The SMILES string of the molecule is O=S(=O)(O/C=C\OCc1ccc(Cl)cc1)C(F)(F)F. The summed E-state index contributed by atoms with van der Waals surface area (Å²) in [5.74, 6) is 0. The van der Waals surface area contributed by atoms with Gasteiger partial charge in [0.15, 0.2) is 0 Å². The minimum Gasteiger partial charge on any atom is -0.493 e. The summed E-state index contributed by atoms with van der Waals surface area (Å²) in [6.07, 6.45) is 1.01. The lowest BCUT2D eigenvalue weighted by Crippen LogP contribution is -2.23. The van der Waals surface area contributed by atoms with Gasteiger partial charge in [0.05, 0.1) is 0 Å². The molecular formula is C10H8ClF3O4S. The van der Waals surface area contributed by atoms with E-state index in [0.717, 1.165) is 0 Å². The third-order valence-corrected chi connectivity index (χ3v) is 2.96. The second-order valence-electron chi connectivity index (χ2n) is 3.21. The zero-order valence-corrected chi connectivity index (χ0v) is 10.8. The molecule has 0 spiro atoms. The smallest absolute Gasteiger partial charge is 0.493 e. The number of alkyl halides is 3. The third-order valence-electron chi connectivity index (χ3n) is 1.78. The van der Waals surface area contributed by atoms with Gasteiger partial charge >= 0.3 is 15.6 Å². The average molecular weight is 317 g/mol. The molecule has 9 heteroatoms. The Bertz CT molecular complexity index is 537. The Labute approximate surface area is 112 Å². The summed E-state index contributed by atoms with van der Waals surface area (Å²) in [5.41, 5.74) is -4.76. The highest BCUT2D eigenvalue weighted by atomic mass is 35.5. The van der Waals surface area contributed by atoms with Crippen LogP contribution in [0.25, 0.3) is 0 Å². The summed E-state index contributed by atoms with van der Waals surface area (Å²) in [5, 5.41) is 0.527. The normalized spacial score (nSPS) is 12.6. The van der Waals surface area contributed by atoms with Gasteiger partial charge in [-0.25, -0.2) is 0 Å². The lowest BCUT2D eigenvalue weighted by atomic mass is 10.2. The van der Waals surface area contributed by atoms with Gasteiger partial charge in [0.2, 0.25) is 0 Å². The topological polar surface area (TPSA) is 52.6 Å². The van der Waals surface area contributed by atoms with E-state index < -0.39 is 15.6 Å². The quantitative estimate of drug-likeness (QED) is 0.475. The van der Waals surface area contributed by atoms with Crippen LogP contribution < -0.4 is 0 Å². The Morgan fingerprint density at radius 1 is 1.16 bits per heavy atom. The van der Waals surface area contributed by atoms with Gasteiger partial charge in [-0.05, 0) is 17.7 Å². The predicted molar refractivity (Wildman–Crippen MR) is 61.4 cm³/mol. The molecule has 0 aliphatic heterocycles. The van der Waals surface area contributed by atoms with Crippen molar-refractivity contribution in [3.05, 3.63) is 47.4 Å². The Kier molecular flexibility index (Phi) is 5.07. The van der Waals surface area contributed by atoms with Crippen molar-refractivity contribution >= 4 is 21.7 Å². The molecule has 106 valence electrons. The van der Waals surface area contributed by atoms with Gasteiger partial charge in [-0.1, -0.05) is 23.7 Å². The van der Waals surface area contributed by atoms with Crippen molar-refractivity contribution < 1.29 is 30.5 Å². The summed E-state index contributed by atoms with van der Waals surface area (Å²) < 4.78 is 64.8. The zero-order valence-electron chi connectivity index (χ0n) is 9.22. The molecule has 0 aliphatic rings. The molecule has 0 saturated carbocycles. The number of hydrogen-bond donors (Lipinski definition) is 0.